The number of hydrogen-bond donors (Lipinski definition) is 1. The summed E-state index contributed by atoms with van der Waals surface area (Å²) in [6.07, 6.45) is 16.5. The van der Waals surface area contributed by atoms with Crippen molar-refractivity contribution in [2.75, 3.05) is 18.8 Å². The van der Waals surface area contributed by atoms with Crippen LogP contribution in [0.1, 0.15) is 24.8 Å². The Morgan fingerprint density at radius 3 is 2.65 bits per heavy atom. The van der Waals surface area contributed by atoms with Gasteiger partial charge in [-0.1, -0.05) is 36.1 Å². The molecular formula is C21H22N2. The van der Waals surface area contributed by atoms with Gasteiger partial charge in [-0.25, -0.2) is 0 Å². The highest BCUT2D eigenvalue weighted by molar-refractivity contribution is 5.45. The van der Waals surface area contributed by atoms with Crippen molar-refractivity contribution in [1.29, 1.82) is 0 Å². The van der Waals surface area contributed by atoms with E-state index in [1.807, 2.05) is 24.3 Å². The lowest BCUT2D eigenvalue weighted by molar-refractivity contribution is 0.420. The van der Waals surface area contributed by atoms with E-state index in [1.54, 1.807) is 0 Å². The van der Waals surface area contributed by atoms with Gasteiger partial charge in [0.25, 0.3) is 0 Å². The summed E-state index contributed by atoms with van der Waals surface area (Å²) in [4.78, 5) is 2.31. The third-order valence-electron chi connectivity index (χ3n) is 4.05. The van der Waals surface area contributed by atoms with Gasteiger partial charge in [0.15, 0.2) is 0 Å². The third kappa shape index (κ3) is 4.40. The van der Waals surface area contributed by atoms with Crippen LogP contribution < -0.4 is 5.73 Å². The maximum absolute atomic E-state index is 5.67. The largest absolute Gasteiger partial charge is 0.399 e. The predicted octanol–water partition coefficient (Wildman–Crippen LogP) is 4.04. The quantitative estimate of drug-likeness (QED) is 0.518. The zero-order chi connectivity index (χ0) is 15.9. The molecule has 1 aromatic carbocycles. The predicted molar refractivity (Wildman–Crippen MR) is 97.6 cm³/mol. The smallest absolute Gasteiger partial charge is 0.0363 e. The van der Waals surface area contributed by atoms with Crippen molar-refractivity contribution in [1.82, 2.24) is 4.90 Å². The maximum atomic E-state index is 5.67. The average molecular weight is 302 g/mol. The number of allylic oxidation sites excluding steroid dienone is 6. The molecule has 0 saturated heterocycles. The molecule has 0 radical (unpaired) electrons. The van der Waals surface area contributed by atoms with E-state index in [0.717, 1.165) is 43.6 Å². The molecule has 0 aromatic heterocycles. The molecule has 0 spiro atoms. The number of benzene rings is 1. The Kier molecular flexibility index (Phi) is 5.01. The first-order valence-electron chi connectivity index (χ1n) is 8.12. The van der Waals surface area contributed by atoms with Crippen molar-refractivity contribution in [3.63, 3.8) is 0 Å². The average Bonchev–Trinajstić information content (AvgIpc) is 2.62. The van der Waals surface area contributed by atoms with Crippen LogP contribution in [0.2, 0.25) is 0 Å². The van der Waals surface area contributed by atoms with E-state index in [9.17, 15) is 0 Å². The Morgan fingerprint density at radius 2 is 1.96 bits per heavy atom. The first kappa shape index (κ1) is 15.2. The fourth-order valence-corrected chi connectivity index (χ4v) is 2.70. The topological polar surface area (TPSA) is 29.3 Å². The molecular weight excluding hydrogens is 280 g/mol. The van der Waals surface area contributed by atoms with Crippen LogP contribution in [0.5, 0.6) is 0 Å². The number of nitrogen functional groups attached to an aromatic ring is 1. The molecule has 0 bridgehead atoms. The van der Waals surface area contributed by atoms with Crippen LogP contribution in [0.15, 0.2) is 72.0 Å². The Morgan fingerprint density at radius 1 is 1.09 bits per heavy atom. The standard InChI is InChI=1S/C21H22N2/c22-21-11-9-18(10-12-21)6-4-5-15-23-16-13-20(14-17-23)19-7-2-1-3-8-19/h1-2,8-14,16H,3,5,7,15,17,22H2. The van der Waals surface area contributed by atoms with Gasteiger partial charge < -0.3 is 10.6 Å². The first-order chi connectivity index (χ1) is 11.3. The second kappa shape index (κ2) is 7.56. The molecule has 0 unspecified atom stereocenters. The van der Waals surface area contributed by atoms with Crippen LogP contribution >= 0.6 is 0 Å². The van der Waals surface area contributed by atoms with Crippen molar-refractivity contribution >= 4 is 5.69 Å². The molecule has 23 heavy (non-hydrogen) atoms. The van der Waals surface area contributed by atoms with E-state index in [1.165, 1.54) is 11.1 Å². The Bertz CT molecular complexity index is 721. The van der Waals surface area contributed by atoms with Gasteiger partial charge in [0.2, 0.25) is 0 Å². The lowest BCUT2D eigenvalue weighted by Crippen LogP contribution is -2.21. The van der Waals surface area contributed by atoms with E-state index in [2.05, 4.69) is 53.3 Å². The highest BCUT2D eigenvalue weighted by Crippen LogP contribution is 2.22. The van der Waals surface area contributed by atoms with Crippen LogP contribution in [-0.2, 0) is 0 Å². The van der Waals surface area contributed by atoms with Crippen molar-refractivity contribution in [3.8, 4) is 11.8 Å². The zero-order valence-corrected chi connectivity index (χ0v) is 13.3. The number of nitrogens with two attached hydrogens (primary N) is 1. The summed E-state index contributed by atoms with van der Waals surface area (Å²) in [5, 5.41) is 0. The van der Waals surface area contributed by atoms with Gasteiger partial charge >= 0.3 is 0 Å². The summed E-state index contributed by atoms with van der Waals surface area (Å²) >= 11 is 0. The Balaban J connectivity index is 1.46. The molecule has 0 atom stereocenters. The molecule has 0 amide bonds. The van der Waals surface area contributed by atoms with E-state index in [4.69, 9.17) is 5.73 Å². The molecule has 1 aromatic rings. The monoisotopic (exact) mass is 302 g/mol. The number of anilines is 1. The summed E-state index contributed by atoms with van der Waals surface area (Å²) < 4.78 is 0. The van der Waals surface area contributed by atoms with Crippen LogP contribution in [0.25, 0.3) is 0 Å². The first-order valence-corrected chi connectivity index (χ1v) is 8.12. The fraction of sp³-hybridized carbons (Fsp3) is 0.238. The van der Waals surface area contributed by atoms with Crippen molar-refractivity contribution in [3.05, 3.63) is 77.6 Å². The maximum Gasteiger partial charge on any atom is 0.0363 e. The van der Waals surface area contributed by atoms with E-state index in [0.29, 0.717) is 0 Å². The van der Waals surface area contributed by atoms with Crippen molar-refractivity contribution < 1.29 is 0 Å². The molecule has 0 saturated carbocycles. The van der Waals surface area contributed by atoms with Gasteiger partial charge in [-0.3, -0.25) is 0 Å². The molecule has 1 aliphatic carbocycles. The molecule has 2 nitrogen and oxygen atoms in total. The molecule has 1 aliphatic heterocycles. The van der Waals surface area contributed by atoms with E-state index >= 15 is 0 Å². The molecule has 116 valence electrons. The van der Waals surface area contributed by atoms with Crippen LogP contribution in [0, 0.1) is 11.8 Å². The van der Waals surface area contributed by atoms with Gasteiger partial charge in [-0.05, 0) is 60.5 Å². The lowest BCUT2D eigenvalue weighted by Gasteiger charge is -2.23. The Labute approximate surface area is 138 Å². The number of nitrogens with zero attached hydrogens (tertiary/aromatic N) is 1. The van der Waals surface area contributed by atoms with Gasteiger partial charge in [-0.2, -0.15) is 0 Å². The number of rotatable bonds is 3. The zero-order valence-electron chi connectivity index (χ0n) is 13.3. The third-order valence-corrected chi connectivity index (χ3v) is 4.05. The highest BCUT2D eigenvalue weighted by Gasteiger charge is 2.08. The van der Waals surface area contributed by atoms with Gasteiger partial charge in [0, 0.05) is 30.8 Å². The number of hydrogen-bond acceptors (Lipinski definition) is 2. The normalized spacial score (nSPS) is 16.4. The molecule has 2 N–H and O–H groups in total. The Hall–Kier alpha value is -2.66. The summed E-state index contributed by atoms with van der Waals surface area (Å²) in [6.45, 7) is 1.93. The molecule has 2 aliphatic rings. The van der Waals surface area contributed by atoms with Gasteiger partial charge in [0.1, 0.15) is 0 Å². The minimum absolute atomic E-state index is 0.778. The summed E-state index contributed by atoms with van der Waals surface area (Å²) in [5.41, 5.74) is 10.3. The second-order valence-electron chi connectivity index (χ2n) is 5.78. The van der Waals surface area contributed by atoms with E-state index < -0.39 is 0 Å². The molecule has 3 rings (SSSR count). The summed E-state index contributed by atoms with van der Waals surface area (Å²) in [5.74, 6) is 6.42. The summed E-state index contributed by atoms with van der Waals surface area (Å²) in [6, 6.07) is 7.70. The summed E-state index contributed by atoms with van der Waals surface area (Å²) in [7, 11) is 0. The van der Waals surface area contributed by atoms with Gasteiger partial charge in [-0.15, -0.1) is 0 Å². The fourth-order valence-electron chi connectivity index (χ4n) is 2.70. The van der Waals surface area contributed by atoms with E-state index in [-0.39, 0.29) is 0 Å². The van der Waals surface area contributed by atoms with Crippen molar-refractivity contribution in [2.24, 2.45) is 0 Å². The molecule has 2 heteroatoms. The SMILES string of the molecule is Nc1ccc(C#CCCN2C=CC(C3=CCC=CC3)=CC2)cc1. The minimum Gasteiger partial charge on any atom is -0.399 e. The highest BCUT2D eigenvalue weighted by atomic mass is 15.1. The van der Waals surface area contributed by atoms with Crippen LogP contribution in [0.3, 0.4) is 0 Å². The van der Waals surface area contributed by atoms with Crippen LogP contribution in [-0.4, -0.2) is 18.0 Å². The van der Waals surface area contributed by atoms with Crippen LogP contribution in [0.4, 0.5) is 5.69 Å². The lowest BCUT2D eigenvalue weighted by atomic mass is 9.96. The van der Waals surface area contributed by atoms with Crippen molar-refractivity contribution in [2.45, 2.75) is 19.3 Å². The molecule has 0 fully saturated rings. The second-order valence-corrected chi connectivity index (χ2v) is 5.78. The minimum atomic E-state index is 0.778. The van der Waals surface area contributed by atoms with Gasteiger partial charge in [0.05, 0.1) is 0 Å². The molecule has 1 heterocycles.